The molecule has 2 amide bonds. The fraction of sp³-hybridized carbons (Fsp3) is 0.333. The Balaban J connectivity index is 1.57. The molecular formula is C21H16F6N4O4S. The molecule has 5 rings (SSSR count). The van der Waals surface area contributed by atoms with Crippen molar-refractivity contribution in [1.29, 1.82) is 0 Å². The molecule has 2 atom stereocenters. The van der Waals surface area contributed by atoms with Crippen LogP contribution in [0.25, 0.3) is 22.1 Å². The number of carbonyl (C=O) groups is 1. The van der Waals surface area contributed by atoms with Gasteiger partial charge < -0.3 is 9.42 Å². The fourth-order valence-corrected chi connectivity index (χ4v) is 5.40. The number of aromatic nitrogens is 1. The average molecular weight is 534 g/mol. The van der Waals surface area contributed by atoms with Crippen LogP contribution in [0.3, 0.4) is 0 Å². The van der Waals surface area contributed by atoms with Crippen molar-refractivity contribution in [2.75, 3.05) is 24.0 Å². The van der Waals surface area contributed by atoms with Gasteiger partial charge in [0.05, 0.1) is 10.9 Å². The molecule has 3 heterocycles. The van der Waals surface area contributed by atoms with Crippen LogP contribution in [0.15, 0.2) is 34.9 Å². The van der Waals surface area contributed by atoms with Gasteiger partial charge in [-0.25, -0.2) is 44.3 Å². The first-order valence-electron chi connectivity index (χ1n) is 10.5. The Morgan fingerprint density at radius 1 is 1.08 bits per heavy atom. The molecule has 192 valence electrons. The number of urea groups is 1. The van der Waals surface area contributed by atoms with Crippen LogP contribution in [-0.4, -0.2) is 61.6 Å². The number of alkyl halides is 3. The number of rotatable bonds is 5. The molecule has 2 fully saturated rings. The Bertz CT molecular complexity index is 1460. The minimum Gasteiger partial charge on any atom is -0.354 e. The minimum absolute atomic E-state index is 0.126. The van der Waals surface area contributed by atoms with E-state index in [1.165, 1.54) is 0 Å². The van der Waals surface area contributed by atoms with E-state index >= 15 is 0 Å². The Kier molecular flexibility index (Phi) is 5.66. The van der Waals surface area contributed by atoms with E-state index in [0.717, 1.165) is 35.2 Å². The normalized spacial score (nSPS) is 21.9. The van der Waals surface area contributed by atoms with Gasteiger partial charge in [-0.3, -0.25) is 4.90 Å². The van der Waals surface area contributed by atoms with Crippen LogP contribution in [0.5, 0.6) is 0 Å². The summed E-state index contributed by atoms with van der Waals surface area (Å²) in [6.45, 7) is -1.17. The van der Waals surface area contributed by atoms with Crippen molar-refractivity contribution in [2.24, 2.45) is 0 Å². The Morgan fingerprint density at radius 2 is 1.75 bits per heavy atom. The topological polar surface area (TPSA) is 95.8 Å². The number of sulfonamides is 1. The van der Waals surface area contributed by atoms with Crippen LogP contribution in [-0.2, 0) is 10.0 Å². The lowest BCUT2D eigenvalue weighted by Gasteiger charge is -2.37. The zero-order chi connectivity index (χ0) is 26.0. The summed E-state index contributed by atoms with van der Waals surface area (Å²) < 4.78 is 116. The molecule has 8 nitrogen and oxygen atoms in total. The highest BCUT2D eigenvalue weighted by molar-refractivity contribution is 7.89. The molecule has 1 aromatic heterocycles. The first-order chi connectivity index (χ1) is 17.0. The monoisotopic (exact) mass is 534 g/mol. The number of halogens is 6. The summed E-state index contributed by atoms with van der Waals surface area (Å²) in [6.07, 6.45) is -0.375. The van der Waals surface area contributed by atoms with E-state index in [9.17, 15) is 39.6 Å². The van der Waals surface area contributed by atoms with E-state index in [1.54, 1.807) is 4.72 Å². The van der Waals surface area contributed by atoms with E-state index in [1.807, 2.05) is 0 Å². The van der Waals surface area contributed by atoms with Crippen LogP contribution in [0, 0.1) is 17.5 Å². The number of fused-ring (bicyclic) bond motifs is 2. The molecule has 0 radical (unpaired) electrons. The predicted molar refractivity (Wildman–Crippen MR) is 114 cm³/mol. The molecule has 0 bridgehead atoms. The molecule has 3 aromatic rings. The Morgan fingerprint density at radius 3 is 2.42 bits per heavy atom. The number of nitrogens with one attached hydrogen (secondary N) is 1. The van der Waals surface area contributed by atoms with Crippen LogP contribution in [0.1, 0.15) is 6.42 Å². The zero-order valence-electron chi connectivity index (χ0n) is 18.0. The van der Waals surface area contributed by atoms with Gasteiger partial charge in [0.25, 0.3) is 5.92 Å². The molecule has 2 aliphatic heterocycles. The third kappa shape index (κ3) is 3.68. The molecule has 36 heavy (non-hydrogen) atoms. The molecule has 0 unspecified atom stereocenters. The van der Waals surface area contributed by atoms with Crippen LogP contribution < -0.4 is 9.62 Å². The van der Waals surface area contributed by atoms with Gasteiger partial charge in [0.2, 0.25) is 16.0 Å². The van der Waals surface area contributed by atoms with Crippen molar-refractivity contribution >= 4 is 32.8 Å². The standard InChI is InChI=1S/C21H16F6N4O4S/c22-9-36(33,34)29-14-8-31-15(21(14,26)27)6-7-30(20(31)32)19-18-13(35-28-19)5-4-12(25)17(18)16-10(23)2-1-3-11(16)24/h1-5,14-15,29H,6-9H2/t14-,15-/m1/s1. The molecule has 2 aliphatic rings. The van der Waals surface area contributed by atoms with Crippen LogP contribution in [0.4, 0.5) is 37.0 Å². The van der Waals surface area contributed by atoms with Gasteiger partial charge in [-0.05, 0) is 30.7 Å². The van der Waals surface area contributed by atoms with E-state index < -0.39 is 75.2 Å². The second-order valence-corrected chi connectivity index (χ2v) is 10.0. The van der Waals surface area contributed by atoms with Gasteiger partial charge in [0, 0.05) is 18.7 Å². The van der Waals surface area contributed by atoms with Crippen molar-refractivity contribution < 1.29 is 44.1 Å². The lowest BCUT2D eigenvalue weighted by molar-refractivity contribution is -0.0449. The lowest BCUT2D eigenvalue weighted by Crippen LogP contribution is -2.56. The predicted octanol–water partition coefficient (Wildman–Crippen LogP) is 3.78. The number of anilines is 1. The summed E-state index contributed by atoms with van der Waals surface area (Å²) >= 11 is 0. The van der Waals surface area contributed by atoms with Crippen molar-refractivity contribution in [2.45, 2.75) is 24.4 Å². The van der Waals surface area contributed by atoms with Gasteiger partial charge in [0.15, 0.2) is 11.4 Å². The first-order valence-corrected chi connectivity index (χ1v) is 12.2. The van der Waals surface area contributed by atoms with Gasteiger partial charge in [-0.15, -0.1) is 0 Å². The maximum atomic E-state index is 14.9. The summed E-state index contributed by atoms with van der Waals surface area (Å²) in [7, 11) is -4.66. The summed E-state index contributed by atoms with van der Waals surface area (Å²) in [5.74, 6) is -7.32. The zero-order valence-corrected chi connectivity index (χ0v) is 18.8. The SMILES string of the molecule is O=C1N(c2noc3ccc(F)c(-c4c(F)cccc4F)c23)CC[C@H]2N1C[C@@H](NS(=O)(=O)CF)C2(F)F. The van der Waals surface area contributed by atoms with Gasteiger partial charge in [-0.1, -0.05) is 11.2 Å². The van der Waals surface area contributed by atoms with Crippen molar-refractivity contribution in [1.82, 2.24) is 14.8 Å². The largest absolute Gasteiger partial charge is 0.354 e. The van der Waals surface area contributed by atoms with Crippen molar-refractivity contribution in [3.8, 4) is 11.1 Å². The highest BCUT2D eigenvalue weighted by Gasteiger charge is 2.61. The number of nitrogens with zero attached hydrogens (tertiary/aromatic N) is 3. The second kappa shape index (κ2) is 8.37. The van der Waals surface area contributed by atoms with Crippen LogP contribution in [0.2, 0.25) is 0 Å². The fourth-order valence-electron chi connectivity index (χ4n) is 4.67. The van der Waals surface area contributed by atoms with Gasteiger partial charge in [-0.2, -0.15) is 0 Å². The van der Waals surface area contributed by atoms with Gasteiger partial charge in [0.1, 0.15) is 29.5 Å². The Labute approximate surface area is 199 Å². The quantitative estimate of drug-likeness (QED) is 0.503. The number of carbonyl (C=O) groups excluding carboxylic acids is 1. The highest BCUT2D eigenvalue weighted by atomic mass is 32.2. The molecule has 2 aromatic carbocycles. The number of amides is 2. The van der Waals surface area contributed by atoms with Crippen molar-refractivity contribution in [3.63, 3.8) is 0 Å². The molecule has 0 aliphatic carbocycles. The van der Waals surface area contributed by atoms with Crippen LogP contribution >= 0.6 is 0 Å². The van der Waals surface area contributed by atoms with E-state index in [2.05, 4.69) is 5.16 Å². The lowest BCUT2D eigenvalue weighted by atomic mass is 9.99. The maximum Gasteiger partial charge on any atom is 0.326 e. The van der Waals surface area contributed by atoms with E-state index in [4.69, 9.17) is 4.52 Å². The third-order valence-corrected chi connectivity index (χ3v) is 7.20. The average Bonchev–Trinajstić information content (AvgIpc) is 3.34. The third-order valence-electron chi connectivity index (χ3n) is 6.27. The molecule has 1 N–H and O–H groups in total. The minimum atomic E-state index is -4.66. The number of benzene rings is 2. The maximum absolute atomic E-state index is 14.9. The van der Waals surface area contributed by atoms with Gasteiger partial charge >= 0.3 is 6.03 Å². The highest BCUT2D eigenvalue weighted by Crippen LogP contribution is 2.44. The number of hydrogen-bond donors (Lipinski definition) is 1. The smallest absolute Gasteiger partial charge is 0.326 e. The molecule has 15 heteroatoms. The second-order valence-electron chi connectivity index (χ2n) is 8.36. The van der Waals surface area contributed by atoms with E-state index in [-0.39, 0.29) is 29.8 Å². The summed E-state index contributed by atoms with van der Waals surface area (Å²) in [5.41, 5.74) is -1.44. The number of hydrogen-bond acceptors (Lipinski definition) is 5. The summed E-state index contributed by atoms with van der Waals surface area (Å²) in [5, 5.41) is 3.48. The summed E-state index contributed by atoms with van der Waals surface area (Å²) in [4.78, 5) is 14.8. The summed E-state index contributed by atoms with van der Waals surface area (Å²) in [6, 6.07) is -1.84. The van der Waals surface area contributed by atoms with E-state index in [0.29, 0.717) is 4.90 Å². The molecule has 0 spiro atoms. The Hall–Kier alpha value is -3.33. The molecule has 0 saturated carbocycles. The molecular weight excluding hydrogens is 518 g/mol. The first kappa shape index (κ1) is 24.4. The van der Waals surface area contributed by atoms with Crippen molar-refractivity contribution in [3.05, 3.63) is 47.8 Å². The molecule has 2 saturated heterocycles.